The standard InChI is InChI=1S/C48H78O4S2/c1-5-7-9-11-13-15-17-19-21-23-25-27-29-31-37-51-47(49)43-35-33-41(3)39-45(43)53-54-46-40-42(4)34-36-44(46)48(50)52-38-32-30-28-26-24-22-20-18-16-14-12-10-8-6-2/h33-36,39-40H,5-32,37-38H2,1-4H3. The number of ether oxygens (including phenoxy) is 2. The van der Waals surface area contributed by atoms with Crippen LogP contribution in [0.25, 0.3) is 0 Å². The van der Waals surface area contributed by atoms with Crippen LogP contribution in [0, 0.1) is 13.8 Å². The van der Waals surface area contributed by atoms with Gasteiger partial charge in [0.25, 0.3) is 0 Å². The maximum atomic E-state index is 13.2. The van der Waals surface area contributed by atoms with Crippen molar-refractivity contribution in [2.45, 2.75) is 217 Å². The van der Waals surface area contributed by atoms with Crippen molar-refractivity contribution in [2.24, 2.45) is 0 Å². The molecule has 0 saturated heterocycles. The lowest BCUT2D eigenvalue weighted by atomic mass is 10.0. The summed E-state index contributed by atoms with van der Waals surface area (Å²) in [6, 6.07) is 11.7. The van der Waals surface area contributed by atoms with Crippen molar-refractivity contribution in [1.82, 2.24) is 0 Å². The van der Waals surface area contributed by atoms with E-state index >= 15 is 0 Å². The zero-order chi connectivity index (χ0) is 38.9. The Labute approximate surface area is 340 Å². The highest BCUT2D eigenvalue weighted by Crippen LogP contribution is 2.41. The fraction of sp³-hybridized carbons (Fsp3) is 0.708. The average molecular weight is 783 g/mol. The first kappa shape index (κ1) is 48.2. The largest absolute Gasteiger partial charge is 0.462 e. The van der Waals surface area contributed by atoms with Gasteiger partial charge in [-0.25, -0.2) is 9.59 Å². The minimum Gasteiger partial charge on any atom is -0.462 e. The zero-order valence-electron chi connectivity index (χ0n) is 35.1. The molecule has 0 aromatic heterocycles. The van der Waals surface area contributed by atoms with Gasteiger partial charge in [0.05, 0.1) is 24.3 Å². The van der Waals surface area contributed by atoms with Crippen LogP contribution in [-0.4, -0.2) is 25.2 Å². The Bertz CT molecular complexity index is 1150. The molecule has 0 atom stereocenters. The number of hydrogen-bond acceptors (Lipinski definition) is 6. The van der Waals surface area contributed by atoms with Crippen molar-refractivity contribution in [3.05, 3.63) is 58.7 Å². The van der Waals surface area contributed by atoms with E-state index in [4.69, 9.17) is 9.47 Å². The molecule has 0 bridgehead atoms. The van der Waals surface area contributed by atoms with Crippen LogP contribution in [0.15, 0.2) is 46.2 Å². The molecule has 4 nitrogen and oxygen atoms in total. The van der Waals surface area contributed by atoms with Crippen LogP contribution >= 0.6 is 21.6 Å². The van der Waals surface area contributed by atoms with E-state index in [-0.39, 0.29) is 11.9 Å². The van der Waals surface area contributed by atoms with Crippen LogP contribution in [0.5, 0.6) is 0 Å². The molecule has 6 heteroatoms. The zero-order valence-corrected chi connectivity index (χ0v) is 36.8. The summed E-state index contributed by atoms with van der Waals surface area (Å²) in [5.74, 6) is -0.547. The van der Waals surface area contributed by atoms with Gasteiger partial charge in [0, 0.05) is 9.79 Å². The lowest BCUT2D eigenvalue weighted by Crippen LogP contribution is -2.08. The molecular weight excluding hydrogens is 705 g/mol. The maximum absolute atomic E-state index is 13.2. The van der Waals surface area contributed by atoms with Gasteiger partial charge in [0.15, 0.2) is 0 Å². The predicted molar refractivity (Wildman–Crippen MR) is 235 cm³/mol. The molecular formula is C48H78O4S2. The summed E-state index contributed by atoms with van der Waals surface area (Å²) >= 11 is 0. The smallest absolute Gasteiger partial charge is 0.339 e. The van der Waals surface area contributed by atoms with Gasteiger partial charge in [0.1, 0.15) is 0 Å². The van der Waals surface area contributed by atoms with E-state index in [1.807, 2.05) is 50.2 Å². The fourth-order valence-corrected chi connectivity index (χ4v) is 9.40. The van der Waals surface area contributed by atoms with Crippen LogP contribution in [0.3, 0.4) is 0 Å². The third-order valence-corrected chi connectivity index (χ3v) is 12.8. The normalized spacial score (nSPS) is 11.3. The van der Waals surface area contributed by atoms with E-state index in [0.29, 0.717) is 24.3 Å². The predicted octanol–water partition coefficient (Wildman–Crippen LogP) is 16.4. The van der Waals surface area contributed by atoms with Gasteiger partial charge >= 0.3 is 11.9 Å². The molecule has 0 aliphatic rings. The van der Waals surface area contributed by atoms with Gasteiger partial charge < -0.3 is 9.47 Å². The van der Waals surface area contributed by atoms with Crippen molar-refractivity contribution < 1.29 is 19.1 Å². The molecule has 0 N–H and O–H groups in total. The second-order valence-electron chi connectivity index (χ2n) is 15.6. The first-order valence-corrected chi connectivity index (χ1v) is 24.5. The van der Waals surface area contributed by atoms with Crippen LogP contribution < -0.4 is 0 Å². The van der Waals surface area contributed by atoms with Crippen molar-refractivity contribution in [3.63, 3.8) is 0 Å². The second kappa shape index (κ2) is 33.2. The number of rotatable bonds is 35. The lowest BCUT2D eigenvalue weighted by Gasteiger charge is -2.13. The summed E-state index contributed by atoms with van der Waals surface area (Å²) in [7, 11) is 3.01. The van der Waals surface area contributed by atoms with Gasteiger partial charge in [-0.1, -0.05) is 215 Å². The number of carbonyl (C=O) groups is 2. The van der Waals surface area contributed by atoms with E-state index in [1.54, 1.807) is 0 Å². The Hall–Kier alpha value is -1.92. The number of benzene rings is 2. The third-order valence-electron chi connectivity index (χ3n) is 10.4. The number of aryl methyl sites for hydroxylation is 2. The number of unbranched alkanes of at least 4 members (excludes halogenated alkanes) is 26. The minimum absolute atomic E-state index is 0.273. The molecule has 0 unspecified atom stereocenters. The van der Waals surface area contributed by atoms with E-state index in [2.05, 4.69) is 13.8 Å². The lowest BCUT2D eigenvalue weighted by molar-refractivity contribution is 0.0484. The number of esters is 2. The van der Waals surface area contributed by atoms with E-state index in [0.717, 1.165) is 46.6 Å². The minimum atomic E-state index is -0.273. The summed E-state index contributed by atoms with van der Waals surface area (Å²) in [5, 5.41) is 0. The summed E-state index contributed by atoms with van der Waals surface area (Å²) < 4.78 is 11.5. The summed E-state index contributed by atoms with van der Waals surface area (Å²) in [5.41, 5.74) is 3.33. The highest BCUT2D eigenvalue weighted by molar-refractivity contribution is 8.76. The van der Waals surface area contributed by atoms with Gasteiger partial charge in [-0.3, -0.25) is 0 Å². The Kier molecular flexibility index (Phi) is 29.7. The average Bonchev–Trinajstić information content (AvgIpc) is 3.17. The Morgan fingerprint density at radius 2 is 0.667 bits per heavy atom. The molecule has 0 aliphatic carbocycles. The van der Waals surface area contributed by atoms with Gasteiger partial charge in [-0.05, 0) is 62.1 Å². The molecule has 0 aliphatic heterocycles. The molecule has 2 aromatic rings. The molecule has 2 rings (SSSR count). The first-order valence-electron chi connectivity index (χ1n) is 22.4. The van der Waals surface area contributed by atoms with E-state index in [1.165, 1.54) is 176 Å². The third kappa shape index (κ3) is 23.9. The summed E-state index contributed by atoms with van der Waals surface area (Å²) in [4.78, 5) is 28.0. The molecule has 0 spiro atoms. The van der Waals surface area contributed by atoms with Crippen molar-refractivity contribution >= 4 is 33.5 Å². The topological polar surface area (TPSA) is 52.6 Å². The van der Waals surface area contributed by atoms with Crippen LogP contribution in [0.4, 0.5) is 0 Å². The van der Waals surface area contributed by atoms with Crippen molar-refractivity contribution in [1.29, 1.82) is 0 Å². The van der Waals surface area contributed by atoms with Gasteiger partial charge in [-0.2, -0.15) is 0 Å². The van der Waals surface area contributed by atoms with Crippen molar-refractivity contribution in [3.8, 4) is 0 Å². The van der Waals surface area contributed by atoms with Gasteiger partial charge in [-0.15, -0.1) is 0 Å². The molecule has 54 heavy (non-hydrogen) atoms. The maximum Gasteiger partial charge on any atom is 0.339 e. The van der Waals surface area contributed by atoms with Crippen LogP contribution in [-0.2, 0) is 9.47 Å². The molecule has 306 valence electrons. The molecule has 0 fully saturated rings. The molecule has 0 amide bonds. The summed E-state index contributed by atoms with van der Waals surface area (Å²) in [6.07, 6.45) is 36.5. The molecule has 2 aromatic carbocycles. The Morgan fingerprint density at radius 1 is 0.407 bits per heavy atom. The Balaban J connectivity index is 1.65. The highest BCUT2D eigenvalue weighted by Gasteiger charge is 2.18. The monoisotopic (exact) mass is 783 g/mol. The SMILES string of the molecule is CCCCCCCCCCCCCCCCOC(=O)c1ccc(C)cc1SSc1cc(C)ccc1C(=O)OCCCCCCCCCCCCCCCC. The highest BCUT2D eigenvalue weighted by atomic mass is 33.1. The first-order chi connectivity index (χ1) is 26.5. The quantitative estimate of drug-likeness (QED) is 0.0394. The number of hydrogen-bond donors (Lipinski definition) is 0. The summed E-state index contributed by atoms with van der Waals surface area (Å²) in [6.45, 7) is 9.53. The van der Waals surface area contributed by atoms with Gasteiger partial charge in [0.2, 0.25) is 0 Å². The molecule has 0 heterocycles. The van der Waals surface area contributed by atoms with E-state index in [9.17, 15) is 9.59 Å². The number of carbonyl (C=O) groups excluding carboxylic acids is 2. The molecule has 0 radical (unpaired) electrons. The van der Waals surface area contributed by atoms with Crippen molar-refractivity contribution in [2.75, 3.05) is 13.2 Å². The Morgan fingerprint density at radius 3 is 0.944 bits per heavy atom. The fourth-order valence-electron chi connectivity index (χ4n) is 6.90. The molecule has 0 saturated carbocycles. The second-order valence-corrected chi connectivity index (χ2v) is 17.8. The van der Waals surface area contributed by atoms with Crippen LogP contribution in [0.2, 0.25) is 0 Å². The van der Waals surface area contributed by atoms with Crippen LogP contribution in [0.1, 0.15) is 225 Å². The van der Waals surface area contributed by atoms with E-state index < -0.39 is 0 Å².